The third-order valence-electron chi connectivity index (χ3n) is 6.01. The summed E-state index contributed by atoms with van der Waals surface area (Å²) in [5, 5.41) is 4.26. The van der Waals surface area contributed by atoms with E-state index < -0.39 is 0 Å². The van der Waals surface area contributed by atoms with Crippen LogP contribution in [-0.4, -0.2) is 52.2 Å². The number of carbonyl (C=O) groups is 1. The zero-order chi connectivity index (χ0) is 17.4. The van der Waals surface area contributed by atoms with Crippen LogP contribution in [0.3, 0.4) is 0 Å². The molecule has 2 aliphatic heterocycles. The fourth-order valence-electron chi connectivity index (χ4n) is 4.65. The third-order valence-corrected chi connectivity index (χ3v) is 6.01. The number of hydrogen-bond donors (Lipinski definition) is 0. The molecule has 0 radical (unpaired) electrons. The number of aromatic nitrogens is 2. The van der Waals surface area contributed by atoms with Gasteiger partial charge in [0.05, 0.1) is 11.6 Å². The first kappa shape index (κ1) is 16.3. The molecule has 0 unspecified atom stereocenters. The van der Waals surface area contributed by atoms with Gasteiger partial charge in [-0.25, -0.2) is 0 Å². The Morgan fingerprint density at radius 2 is 1.88 bits per heavy atom. The van der Waals surface area contributed by atoms with Crippen LogP contribution in [0.4, 0.5) is 0 Å². The van der Waals surface area contributed by atoms with Crippen molar-refractivity contribution in [1.29, 1.82) is 0 Å². The van der Waals surface area contributed by atoms with Crippen molar-refractivity contribution in [2.24, 2.45) is 12.5 Å². The van der Waals surface area contributed by atoms with E-state index in [0.717, 1.165) is 39.0 Å². The summed E-state index contributed by atoms with van der Waals surface area (Å²) in [7, 11) is 3.90. The molecule has 25 heavy (non-hydrogen) atoms. The molecule has 1 spiro atoms. The van der Waals surface area contributed by atoms with Crippen molar-refractivity contribution >= 4 is 5.91 Å². The molecule has 4 rings (SSSR count). The van der Waals surface area contributed by atoms with E-state index in [1.807, 2.05) is 35.9 Å². The van der Waals surface area contributed by atoms with E-state index in [2.05, 4.69) is 40.5 Å². The lowest BCUT2D eigenvalue weighted by molar-refractivity contribution is -0.137. The van der Waals surface area contributed by atoms with Crippen LogP contribution in [-0.2, 0) is 18.4 Å². The van der Waals surface area contributed by atoms with E-state index in [4.69, 9.17) is 0 Å². The molecule has 2 aromatic rings. The van der Waals surface area contributed by atoms with Gasteiger partial charge in [0, 0.05) is 44.9 Å². The lowest BCUT2D eigenvalue weighted by atomic mass is 9.68. The summed E-state index contributed by atoms with van der Waals surface area (Å²) < 4.78 is 1.85. The minimum absolute atomic E-state index is 0.221. The van der Waals surface area contributed by atoms with Gasteiger partial charge >= 0.3 is 0 Å². The fraction of sp³-hybridized carbons (Fsp3) is 0.500. The number of amides is 1. The second kappa shape index (κ2) is 6.30. The van der Waals surface area contributed by atoms with Crippen LogP contribution in [0.25, 0.3) is 0 Å². The maximum atomic E-state index is 13.0. The number of aryl methyl sites for hydroxylation is 1. The lowest BCUT2D eigenvalue weighted by Gasteiger charge is -2.41. The topological polar surface area (TPSA) is 41.4 Å². The number of piperidine rings is 1. The molecule has 2 saturated heterocycles. The maximum Gasteiger partial charge on any atom is 0.229 e. The van der Waals surface area contributed by atoms with Crippen LogP contribution in [0, 0.1) is 5.41 Å². The molecule has 0 bridgehead atoms. The standard InChI is InChI=1S/C20H26N4O/c1-22-15-18(17-6-4-3-5-7-17)20(19(22)25)8-10-24(11-9-20)14-16-12-21-23(2)13-16/h3-7,12-13,18H,8-11,14-15H2,1-2H3/t18-/m1/s1. The van der Waals surface area contributed by atoms with Crippen LogP contribution in [0.2, 0.25) is 0 Å². The van der Waals surface area contributed by atoms with Gasteiger partial charge in [0.25, 0.3) is 0 Å². The van der Waals surface area contributed by atoms with Gasteiger partial charge in [-0.15, -0.1) is 0 Å². The average Bonchev–Trinajstić information content (AvgIpc) is 3.14. The summed E-state index contributed by atoms with van der Waals surface area (Å²) in [6.07, 6.45) is 5.89. The van der Waals surface area contributed by atoms with Crippen LogP contribution in [0.15, 0.2) is 42.7 Å². The third kappa shape index (κ3) is 2.86. The van der Waals surface area contributed by atoms with E-state index in [9.17, 15) is 4.79 Å². The van der Waals surface area contributed by atoms with Crippen LogP contribution in [0.1, 0.15) is 29.9 Å². The number of rotatable bonds is 3. The van der Waals surface area contributed by atoms with Crippen molar-refractivity contribution < 1.29 is 4.79 Å². The molecule has 3 heterocycles. The van der Waals surface area contributed by atoms with Gasteiger partial charge in [-0.1, -0.05) is 30.3 Å². The SMILES string of the molecule is CN1C[C@H](c2ccccc2)C2(CCN(Cc3cnn(C)c3)CC2)C1=O. The highest BCUT2D eigenvalue weighted by Crippen LogP contribution is 2.50. The van der Waals surface area contributed by atoms with E-state index >= 15 is 0 Å². The summed E-state index contributed by atoms with van der Waals surface area (Å²) in [4.78, 5) is 17.4. The first-order valence-corrected chi connectivity index (χ1v) is 9.09. The highest BCUT2D eigenvalue weighted by Gasteiger charge is 2.54. The Balaban J connectivity index is 1.51. The predicted molar refractivity (Wildman–Crippen MR) is 97.0 cm³/mol. The van der Waals surface area contributed by atoms with Crippen molar-refractivity contribution in [2.45, 2.75) is 25.3 Å². The minimum Gasteiger partial charge on any atom is -0.345 e. The molecule has 1 atom stereocenters. The number of carbonyl (C=O) groups excluding carboxylic acids is 1. The summed E-state index contributed by atoms with van der Waals surface area (Å²) in [6.45, 7) is 3.70. The largest absolute Gasteiger partial charge is 0.345 e. The van der Waals surface area contributed by atoms with Crippen molar-refractivity contribution in [3.8, 4) is 0 Å². The molecule has 5 nitrogen and oxygen atoms in total. The van der Waals surface area contributed by atoms with E-state index in [1.54, 1.807) is 0 Å². The molecule has 1 aromatic heterocycles. The molecule has 0 saturated carbocycles. The molecule has 132 valence electrons. The molecular weight excluding hydrogens is 312 g/mol. The Hall–Kier alpha value is -2.14. The smallest absolute Gasteiger partial charge is 0.229 e. The fourth-order valence-corrected chi connectivity index (χ4v) is 4.65. The first-order valence-electron chi connectivity index (χ1n) is 9.09. The van der Waals surface area contributed by atoms with Crippen LogP contribution in [0.5, 0.6) is 0 Å². The second-order valence-corrected chi connectivity index (χ2v) is 7.60. The minimum atomic E-state index is -0.221. The first-order chi connectivity index (χ1) is 12.1. The molecule has 1 amide bonds. The van der Waals surface area contributed by atoms with Crippen molar-refractivity contribution in [3.05, 3.63) is 53.9 Å². The van der Waals surface area contributed by atoms with Crippen LogP contribution >= 0.6 is 0 Å². The molecular formula is C20H26N4O. The number of nitrogens with zero attached hydrogens (tertiary/aromatic N) is 4. The zero-order valence-electron chi connectivity index (χ0n) is 15.1. The molecule has 2 aliphatic rings. The van der Waals surface area contributed by atoms with Crippen molar-refractivity contribution in [3.63, 3.8) is 0 Å². The van der Waals surface area contributed by atoms with Gasteiger partial charge in [0.15, 0.2) is 0 Å². The Morgan fingerprint density at radius 3 is 2.52 bits per heavy atom. The van der Waals surface area contributed by atoms with Gasteiger partial charge in [-0.3, -0.25) is 14.4 Å². The number of hydrogen-bond acceptors (Lipinski definition) is 3. The zero-order valence-corrected chi connectivity index (χ0v) is 15.1. The number of benzene rings is 1. The highest BCUT2D eigenvalue weighted by molar-refractivity contribution is 5.86. The van der Waals surface area contributed by atoms with Gasteiger partial charge in [0.1, 0.15) is 0 Å². The molecule has 2 fully saturated rings. The van der Waals surface area contributed by atoms with Gasteiger partial charge < -0.3 is 4.90 Å². The normalized spacial score (nSPS) is 23.5. The summed E-state index contributed by atoms with van der Waals surface area (Å²) in [6, 6.07) is 10.6. The molecule has 0 N–H and O–H groups in total. The Bertz CT molecular complexity index is 746. The van der Waals surface area contributed by atoms with E-state index in [1.165, 1.54) is 11.1 Å². The van der Waals surface area contributed by atoms with Gasteiger partial charge in [0.2, 0.25) is 5.91 Å². The van der Waals surface area contributed by atoms with Crippen molar-refractivity contribution in [1.82, 2.24) is 19.6 Å². The Kier molecular flexibility index (Phi) is 4.12. The van der Waals surface area contributed by atoms with E-state index in [-0.39, 0.29) is 5.41 Å². The molecule has 0 aliphatic carbocycles. The second-order valence-electron chi connectivity index (χ2n) is 7.60. The summed E-state index contributed by atoms with van der Waals surface area (Å²) >= 11 is 0. The quantitative estimate of drug-likeness (QED) is 0.862. The number of likely N-dealkylation sites (N-methyl/N-ethyl adjacent to an activating group) is 1. The van der Waals surface area contributed by atoms with Crippen molar-refractivity contribution in [2.75, 3.05) is 26.7 Å². The van der Waals surface area contributed by atoms with Gasteiger partial charge in [-0.2, -0.15) is 5.10 Å². The molecule has 5 heteroatoms. The number of likely N-dealkylation sites (tertiary alicyclic amines) is 2. The van der Waals surface area contributed by atoms with E-state index in [0.29, 0.717) is 11.8 Å². The van der Waals surface area contributed by atoms with Crippen LogP contribution < -0.4 is 0 Å². The maximum absolute atomic E-state index is 13.0. The lowest BCUT2D eigenvalue weighted by Crippen LogP contribution is -2.45. The average molecular weight is 338 g/mol. The Labute approximate surface area is 149 Å². The van der Waals surface area contributed by atoms with Gasteiger partial charge in [-0.05, 0) is 31.5 Å². The predicted octanol–water partition coefficient (Wildman–Crippen LogP) is 2.26. The Morgan fingerprint density at radius 1 is 1.16 bits per heavy atom. The highest BCUT2D eigenvalue weighted by atomic mass is 16.2. The monoisotopic (exact) mass is 338 g/mol. The summed E-state index contributed by atoms with van der Waals surface area (Å²) in [5.41, 5.74) is 2.33. The summed E-state index contributed by atoms with van der Waals surface area (Å²) in [5.74, 6) is 0.647. The molecule has 1 aromatic carbocycles.